The Hall–Kier alpha value is -3.40. The summed E-state index contributed by atoms with van der Waals surface area (Å²) >= 11 is 1.25. The number of hydrogen-bond acceptors (Lipinski definition) is 7. The summed E-state index contributed by atoms with van der Waals surface area (Å²) in [6, 6.07) is 15.1. The molecule has 172 valence electrons. The molecule has 3 aromatic rings. The fourth-order valence-electron chi connectivity index (χ4n) is 3.84. The summed E-state index contributed by atoms with van der Waals surface area (Å²) < 4.78 is 7.03. The molecule has 0 aliphatic carbocycles. The predicted molar refractivity (Wildman–Crippen MR) is 125 cm³/mol. The van der Waals surface area contributed by atoms with Gasteiger partial charge in [-0.05, 0) is 72.2 Å². The number of hydrogen-bond donors (Lipinski definition) is 1. The number of tetrazole rings is 1. The number of ether oxygens (including phenoxy) is 1. The van der Waals surface area contributed by atoms with E-state index in [1.807, 2.05) is 36.1 Å². The Bertz CT molecular complexity index is 1100. The van der Waals surface area contributed by atoms with Gasteiger partial charge < -0.3 is 15.0 Å². The van der Waals surface area contributed by atoms with E-state index in [2.05, 4.69) is 20.8 Å². The van der Waals surface area contributed by atoms with Crippen LogP contribution in [0.15, 0.2) is 53.7 Å². The van der Waals surface area contributed by atoms with Crippen LogP contribution in [0.2, 0.25) is 0 Å². The monoisotopic (exact) mass is 466 g/mol. The lowest BCUT2D eigenvalue weighted by Gasteiger charge is -2.25. The molecule has 0 radical (unpaired) electrons. The van der Waals surface area contributed by atoms with E-state index in [0.29, 0.717) is 23.0 Å². The summed E-state index contributed by atoms with van der Waals surface area (Å²) in [6.45, 7) is 3.31. The number of amides is 2. The molecular formula is C23H26N6O3S. The van der Waals surface area contributed by atoms with E-state index in [1.165, 1.54) is 16.4 Å². The summed E-state index contributed by atoms with van der Waals surface area (Å²) in [7, 11) is 1.72. The van der Waals surface area contributed by atoms with Crippen molar-refractivity contribution >= 4 is 29.3 Å². The third kappa shape index (κ3) is 5.51. The number of aryl methyl sites for hydroxylation is 1. The minimum absolute atomic E-state index is 0.00500. The van der Waals surface area contributed by atoms with Gasteiger partial charge in [0.1, 0.15) is 5.75 Å². The molecule has 0 unspecified atom stereocenters. The molecule has 2 amide bonds. The Balaban J connectivity index is 1.36. The maximum absolute atomic E-state index is 13.2. The minimum atomic E-state index is -0.169. The second kappa shape index (κ2) is 10.5. The summed E-state index contributed by atoms with van der Waals surface area (Å²) in [6.07, 6.45) is 1.91. The zero-order valence-electron chi connectivity index (χ0n) is 18.6. The first kappa shape index (κ1) is 22.8. The quantitative estimate of drug-likeness (QED) is 0.508. The highest BCUT2D eigenvalue weighted by atomic mass is 32.2. The van der Waals surface area contributed by atoms with Gasteiger partial charge in [-0.25, -0.2) is 4.68 Å². The lowest BCUT2D eigenvalue weighted by atomic mass is 10.0. The van der Waals surface area contributed by atoms with E-state index < -0.39 is 0 Å². The smallest absolute Gasteiger partial charge is 0.254 e. The molecule has 1 N–H and O–H groups in total. The van der Waals surface area contributed by atoms with Gasteiger partial charge in [-0.3, -0.25) is 9.59 Å². The van der Waals surface area contributed by atoms with Crippen LogP contribution in [0.3, 0.4) is 0 Å². The number of carbonyl (C=O) groups is 2. The third-order valence-electron chi connectivity index (χ3n) is 5.42. The molecule has 4 rings (SSSR count). The number of aromatic nitrogens is 4. The van der Waals surface area contributed by atoms with Gasteiger partial charge in [-0.2, -0.15) is 0 Å². The minimum Gasteiger partial charge on any atom is -0.494 e. The molecule has 0 bridgehead atoms. The Morgan fingerprint density at radius 1 is 1.15 bits per heavy atom. The molecular weight excluding hydrogens is 440 g/mol. The van der Waals surface area contributed by atoms with Crippen molar-refractivity contribution in [3.05, 3.63) is 59.7 Å². The van der Waals surface area contributed by atoms with Gasteiger partial charge in [-0.1, -0.05) is 23.9 Å². The standard InChI is InChI=1S/C23H26N6O3S/c1-3-32-19-12-8-16(9-13-19)20-5-4-14-29(20)22(31)17-6-10-18(11-7-17)24-21(30)15-33-23-25-26-27-28(23)2/h6-13,20H,3-5,14-15H2,1-2H3,(H,24,30)/t20-/m0/s1. The number of rotatable bonds is 8. The van der Waals surface area contributed by atoms with Gasteiger partial charge in [0.2, 0.25) is 11.1 Å². The maximum atomic E-state index is 13.2. The molecule has 33 heavy (non-hydrogen) atoms. The van der Waals surface area contributed by atoms with Crippen LogP contribution in [0.25, 0.3) is 0 Å². The summed E-state index contributed by atoms with van der Waals surface area (Å²) in [5.41, 5.74) is 2.35. The van der Waals surface area contributed by atoms with Crippen LogP contribution in [0.4, 0.5) is 5.69 Å². The number of benzene rings is 2. The summed E-state index contributed by atoms with van der Waals surface area (Å²) in [5.74, 6) is 0.847. The zero-order chi connectivity index (χ0) is 23.2. The second-order valence-corrected chi connectivity index (χ2v) is 8.60. The number of nitrogens with one attached hydrogen (secondary N) is 1. The second-order valence-electron chi connectivity index (χ2n) is 7.66. The van der Waals surface area contributed by atoms with Crippen molar-refractivity contribution in [1.29, 1.82) is 0 Å². The SMILES string of the molecule is CCOc1ccc([C@@H]2CCCN2C(=O)c2ccc(NC(=O)CSc3nnnn3C)cc2)cc1. The van der Waals surface area contributed by atoms with Crippen molar-refractivity contribution in [2.45, 2.75) is 31.0 Å². The number of carbonyl (C=O) groups excluding carboxylic acids is 2. The molecule has 10 heteroatoms. The molecule has 1 atom stereocenters. The number of likely N-dealkylation sites (tertiary alicyclic amines) is 1. The number of nitrogens with zero attached hydrogens (tertiary/aromatic N) is 5. The van der Waals surface area contributed by atoms with Gasteiger partial charge in [0.25, 0.3) is 5.91 Å². The molecule has 1 fully saturated rings. The zero-order valence-corrected chi connectivity index (χ0v) is 19.4. The van der Waals surface area contributed by atoms with E-state index in [4.69, 9.17) is 4.74 Å². The fraction of sp³-hybridized carbons (Fsp3) is 0.348. The highest BCUT2D eigenvalue weighted by molar-refractivity contribution is 7.99. The third-order valence-corrected chi connectivity index (χ3v) is 6.43. The van der Waals surface area contributed by atoms with Gasteiger partial charge in [0, 0.05) is 24.8 Å². The molecule has 1 aromatic heterocycles. The first-order valence-electron chi connectivity index (χ1n) is 10.8. The molecule has 2 aromatic carbocycles. The van der Waals surface area contributed by atoms with Crippen LogP contribution >= 0.6 is 11.8 Å². The molecule has 9 nitrogen and oxygen atoms in total. The van der Waals surface area contributed by atoms with Crippen LogP contribution in [0.1, 0.15) is 41.7 Å². The van der Waals surface area contributed by atoms with E-state index >= 15 is 0 Å². The van der Waals surface area contributed by atoms with Crippen molar-refractivity contribution in [3.63, 3.8) is 0 Å². The van der Waals surface area contributed by atoms with Gasteiger partial charge in [0.15, 0.2) is 0 Å². The molecule has 1 aliphatic rings. The number of thioether (sulfide) groups is 1. The Morgan fingerprint density at radius 3 is 2.58 bits per heavy atom. The average Bonchev–Trinajstić information content (AvgIpc) is 3.47. The highest BCUT2D eigenvalue weighted by Gasteiger charge is 2.30. The van der Waals surface area contributed by atoms with E-state index in [9.17, 15) is 9.59 Å². The van der Waals surface area contributed by atoms with Crippen molar-refractivity contribution in [1.82, 2.24) is 25.1 Å². The Labute approximate surface area is 196 Å². The van der Waals surface area contributed by atoms with Crippen LogP contribution in [-0.4, -0.2) is 55.8 Å². The summed E-state index contributed by atoms with van der Waals surface area (Å²) in [5, 5.41) is 14.5. The van der Waals surface area contributed by atoms with Crippen LogP contribution in [-0.2, 0) is 11.8 Å². The first-order chi connectivity index (χ1) is 16.0. The van der Waals surface area contributed by atoms with Crippen molar-refractivity contribution in [2.24, 2.45) is 7.05 Å². The van der Waals surface area contributed by atoms with E-state index in [0.717, 1.165) is 30.7 Å². The van der Waals surface area contributed by atoms with Crippen LogP contribution in [0.5, 0.6) is 5.75 Å². The topological polar surface area (TPSA) is 102 Å². The average molecular weight is 467 g/mol. The van der Waals surface area contributed by atoms with E-state index in [1.54, 1.807) is 31.3 Å². The largest absolute Gasteiger partial charge is 0.494 e. The molecule has 0 spiro atoms. The summed E-state index contributed by atoms with van der Waals surface area (Å²) in [4.78, 5) is 27.3. The Morgan fingerprint density at radius 2 is 1.91 bits per heavy atom. The number of anilines is 1. The highest BCUT2D eigenvalue weighted by Crippen LogP contribution is 2.34. The lowest BCUT2D eigenvalue weighted by molar-refractivity contribution is -0.113. The van der Waals surface area contributed by atoms with Crippen LogP contribution in [0, 0.1) is 0 Å². The normalized spacial score (nSPS) is 15.5. The van der Waals surface area contributed by atoms with Crippen LogP contribution < -0.4 is 10.1 Å². The lowest BCUT2D eigenvalue weighted by Crippen LogP contribution is -2.30. The molecule has 1 aliphatic heterocycles. The van der Waals surface area contributed by atoms with Gasteiger partial charge in [0.05, 0.1) is 18.4 Å². The maximum Gasteiger partial charge on any atom is 0.254 e. The van der Waals surface area contributed by atoms with Gasteiger partial charge >= 0.3 is 0 Å². The predicted octanol–water partition coefficient (Wildman–Crippen LogP) is 3.32. The molecule has 1 saturated heterocycles. The van der Waals surface area contributed by atoms with E-state index in [-0.39, 0.29) is 23.6 Å². The molecule has 2 heterocycles. The van der Waals surface area contributed by atoms with Crippen molar-refractivity contribution < 1.29 is 14.3 Å². The molecule has 0 saturated carbocycles. The first-order valence-corrected chi connectivity index (χ1v) is 11.8. The van der Waals surface area contributed by atoms with Crippen molar-refractivity contribution in [2.75, 3.05) is 24.2 Å². The Kier molecular flexibility index (Phi) is 7.23. The fourth-order valence-corrected chi connectivity index (χ4v) is 4.49. The van der Waals surface area contributed by atoms with Crippen molar-refractivity contribution in [3.8, 4) is 5.75 Å². The van der Waals surface area contributed by atoms with Gasteiger partial charge in [-0.15, -0.1) is 5.10 Å².